The van der Waals surface area contributed by atoms with Crippen molar-refractivity contribution in [1.29, 1.82) is 0 Å². The maximum Gasteiger partial charge on any atom is 0.329 e. The summed E-state index contributed by atoms with van der Waals surface area (Å²) in [7, 11) is 0. The molecule has 0 atom stereocenters. The standard InChI is InChI=1S/C19H21N3O3/c1-2-21-16-9-5-6-10-17(16)22(19(21)25)12-18(24)20-11-14-7-3-4-8-15(14)13-23/h3-10,23H,2,11-13H2,1H3,(H,20,24). The van der Waals surface area contributed by atoms with Crippen LogP contribution in [0.25, 0.3) is 11.0 Å². The van der Waals surface area contributed by atoms with Crippen LogP contribution in [0, 0.1) is 0 Å². The Morgan fingerprint density at radius 1 is 1.00 bits per heavy atom. The van der Waals surface area contributed by atoms with Gasteiger partial charge >= 0.3 is 5.69 Å². The van der Waals surface area contributed by atoms with E-state index in [2.05, 4.69) is 5.32 Å². The molecule has 130 valence electrons. The van der Waals surface area contributed by atoms with E-state index in [1.807, 2.05) is 55.5 Å². The highest BCUT2D eigenvalue weighted by Gasteiger charge is 2.14. The number of rotatable bonds is 6. The second kappa shape index (κ2) is 7.36. The largest absolute Gasteiger partial charge is 0.392 e. The lowest BCUT2D eigenvalue weighted by molar-refractivity contribution is -0.121. The summed E-state index contributed by atoms with van der Waals surface area (Å²) in [5, 5.41) is 12.2. The van der Waals surface area contributed by atoms with Gasteiger partial charge in [0.1, 0.15) is 6.54 Å². The predicted octanol–water partition coefficient (Wildman–Crippen LogP) is 1.63. The molecular formula is C19H21N3O3. The Balaban J connectivity index is 1.79. The molecule has 1 heterocycles. The highest BCUT2D eigenvalue weighted by molar-refractivity contribution is 5.80. The molecule has 0 radical (unpaired) electrons. The molecule has 1 amide bonds. The lowest BCUT2D eigenvalue weighted by Gasteiger charge is -2.09. The summed E-state index contributed by atoms with van der Waals surface area (Å²) in [6.07, 6.45) is 0. The quantitative estimate of drug-likeness (QED) is 0.717. The van der Waals surface area contributed by atoms with Crippen molar-refractivity contribution in [1.82, 2.24) is 14.5 Å². The van der Waals surface area contributed by atoms with Crippen LogP contribution in [-0.2, 0) is 31.0 Å². The number of hydrogen-bond donors (Lipinski definition) is 2. The van der Waals surface area contributed by atoms with Crippen LogP contribution in [0.1, 0.15) is 18.1 Å². The van der Waals surface area contributed by atoms with E-state index >= 15 is 0 Å². The highest BCUT2D eigenvalue weighted by atomic mass is 16.3. The van der Waals surface area contributed by atoms with Crippen LogP contribution in [0.5, 0.6) is 0 Å². The number of fused-ring (bicyclic) bond motifs is 1. The number of imidazole rings is 1. The van der Waals surface area contributed by atoms with Crippen molar-refractivity contribution in [3.63, 3.8) is 0 Å². The molecule has 25 heavy (non-hydrogen) atoms. The molecule has 0 saturated carbocycles. The number of aromatic nitrogens is 2. The van der Waals surface area contributed by atoms with Gasteiger partial charge in [0.15, 0.2) is 0 Å². The minimum absolute atomic E-state index is 0.0341. The Hall–Kier alpha value is -2.86. The fourth-order valence-corrected chi connectivity index (χ4v) is 3.01. The first-order valence-electron chi connectivity index (χ1n) is 8.28. The van der Waals surface area contributed by atoms with Crippen molar-refractivity contribution < 1.29 is 9.90 Å². The minimum Gasteiger partial charge on any atom is -0.392 e. The van der Waals surface area contributed by atoms with E-state index in [-0.39, 0.29) is 24.7 Å². The Labute approximate surface area is 145 Å². The van der Waals surface area contributed by atoms with Crippen molar-refractivity contribution in [2.75, 3.05) is 0 Å². The minimum atomic E-state index is -0.242. The topological polar surface area (TPSA) is 76.3 Å². The molecule has 1 aromatic heterocycles. The first-order valence-corrected chi connectivity index (χ1v) is 8.28. The zero-order chi connectivity index (χ0) is 17.8. The van der Waals surface area contributed by atoms with Gasteiger partial charge in [-0.25, -0.2) is 4.79 Å². The summed E-state index contributed by atoms with van der Waals surface area (Å²) in [4.78, 5) is 24.9. The van der Waals surface area contributed by atoms with Crippen molar-refractivity contribution in [3.05, 3.63) is 70.1 Å². The molecule has 2 aromatic carbocycles. The van der Waals surface area contributed by atoms with Gasteiger partial charge in [0, 0.05) is 13.1 Å². The number of hydrogen-bond acceptors (Lipinski definition) is 3. The molecule has 0 aliphatic heterocycles. The number of nitrogens with zero attached hydrogens (tertiary/aromatic N) is 2. The van der Waals surface area contributed by atoms with Crippen molar-refractivity contribution in [2.24, 2.45) is 0 Å². The number of aliphatic hydroxyl groups is 1. The maximum absolute atomic E-state index is 12.5. The zero-order valence-electron chi connectivity index (χ0n) is 14.1. The van der Waals surface area contributed by atoms with Crippen molar-refractivity contribution in [3.8, 4) is 0 Å². The van der Waals surface area contributed by atoms with Gasteiger partial charge in [-0.3, -0.25) is 13.9 Å². The first kappa shape index (κ1) is 17.0. The van der Waals surface area contributed by atoms with Crippen LogP contribution < -0.4 is 11.0 Å². The summed E-state index contributed by atoms with van der Waals surface area (Å²) in [6, 6.07) is 14.8. The van der Waals surface area contributed by atoms with E-state index in [9.17, 15) is 14.7 Å². The van der Waals surface area contributed by atoms with Gasteiger partial charge in [-0.15, -0.1) is 0 Å². The summed E-state index contributed by atoms with van der Waals surface area (Å²) >= 11 is 0. The molecule has 6 heteroatoms. The molecule has 3 rings (SSSR count). The highest BCUT2D eigenvalue weighted by Crippen LogP contribution is 2.12. The molecule has 0 aliphatic rings. The summed E-state index contributed by atoms with van der Waals surface area (Å²) < 4.78 is 3.15. The number of carbonyl (C=O) groups is 1. The Morgan fingerprint density at radius 2 is 1.60 bits per heavy atom. The van der Waals surface area contributed by atoms with Gasteiger partial charge in [-0.2, -0.15) is 0 Å². The normalized spacial score (nSPS) is 11.0. The third-order valence-corrected chi connectivity index (χ3v) is 4.31. The van der Waals surface area contributed by atoms with E-state index in [1.54, 1.807) is 4.57 Å². The van der Waals surface area contributed by atoms with Gasteiger partial charge in [-0.1, -0.05) is 36.4 Å². The van der Waals surface area contributed by atoms with Crippen LogP contribution in [-0.4, -0.2) is 20.1 Å². The van der Waals surface area contributed by atoms with E-state index < -0.39 is 0 Å². The molecule has 0 spiro atoms. The molecular weight excluding hydrogens is 318 g/mol. The molecule has 0 aliphatic carbocycles. The number of aliphatic hydroxyl groups excluding tert-OH is 1. The molecule has 6 nitrogen and oxygen atoms in total. The second-order valence-corrected chi connectivity index (χ2v) is 5.81. The van der Waals surface area contributed by atoms with Crippen LogP contribution in [0.15, 0.2) is 53.3 Å². The van der Waals surface area contributed by atoms with Crippen LogP contribution in [0.3, 0.4) is 0 Å². The average molecular weight is 339 g/mol. The van der Waals surface area contributed by atoms with Gasteiger partial charge in [-0.05, 0) is 30.2 Å². The number of amides is 1. The van der Waals surface area contributed by atoms with Crippen molar-refractivity contribution >= 4 is 16.9 Å². The lowest BCUT2D eigenvalue weighted by atomic mass is 10.1. The zero-order valence-corrected chi connectivity index (χ0v) is 14.1. The van der Waals surface area contributed by atoms with E-state index in [0.29, 0.717) is 13.1 Å². The van der Waals surface area contributed by atoms with Gasteiger partial charge in [0.05, 0.1) is 17.6 Å². The van der Waals surface area contributed by atoms with Gasteiger partial charge in [0.25, 0.3) is 0 Å². The number of benzene rings is 2. The molecule has 0 fully saturated rings. The predicted molar refractivity (Wildman–Crippen MR) is 96.1 cm³/mol. The van der Waals surface area contributed by atoms with E-state index in [0.717, 1.165) is 22.2 Å². The van der Waals surface area contributed by atoms with Gasteiger partial charge < -0.3 is 10.4 Å². The van der Waals surface area contributed by atoms with Crippen LogP contribution in [0.2, 0.25) is 0 Å². The second-order valence-electron chi connectivity index (χ2n) is 5.81. The number of para-hydroxylation sites is 2. The Bertz CT molecular complexity index is 956. The first-order chi connectivity index (χ1) is 12.2. The summed E-state index contributed by atoms with van der Waals surface area (Å²) in [5.74, 6) is -0.242. The molecule has 3 aromatic rings. The van der Waals surface area contributed by atoms with Crippen LogP contribution in [0.4, 0.5) is 0 Å². The smallest absolute Gasteiger partial charge is 0.329 e. The Morgan fingerprint density at radius 3 is 2.24 bits per heavy atom. The SMILES string of the molecule is CCn1c(=O)n(CC(=O)NCc2ccccc2CO)c2ccccc21. The summed E-state index contributed by atoms with van der Waals surface area (Å²) in [6.45, 7) is 2.67. The number of nitrogens with one attached hydrogen (secondary N) is 1. The average Bonchev–Trinajstić information content (AvgIpc) is 2.91. The Kier molecular flexibility index (Phi) is 5.00. The van der Waals surface area contributed by atoms with Gasteiger partial charge in [0.2, 0.25) is 5.91 Å². The third-order valence-electron chi connectivity index (χ3n) is 4.31. The molecule has 0 unspecified atom stereocenters. The summed E-state index contributed by atoms with van der Waals surface area (Å²) in [5.41, 5.74) is 3.03. The van der Waals surface area contributed by atoms with Crippen molar-refractivity contribution in [2.45, 2.75) is 33.2 Å². The van der Waals surface area contributed by atoms with E-state index in [1.165, 1.54) is 4.57 Å². The molecule has 0 bridgehead atoms. The fourth-order valence-electron chi connectivity index (χ4n) is 3.01. The lowest BCUT2D eigenvalue weighted by Crippen LogP contribution is -2.32. The van der Waals surface area contributed by atoms with E-state index in [4.69, 9.17) is 0 Å². The number of carbonyl (C=O) groups excluding carboxylic acids is 1. The number of aryl methyl sites for hydroxylation is 1. The monoisotopic (exact) mass is 339 g/mol. The van der Waals surface area contributed by atoms with Crippen LogP contribution >= 0.6 is 0 Å². The molecule has 2 N–H and O–H groups in total. The molecule has 0 saturated heterocycles. The maximum atomic E-state index is 12.5. The fraction of sp³-hybridized carbons (Fsp3) is 0.263. The third kappa shape index (κ3) is 3.34.